The van der Waals surface area contributed by atoms with Crippen LogP contribution in [0.2, 0.25) is 0 Å². The van der Waals surface area contributed by atoms with Crippen molar-refractivity contribution in [1.29, 1.82) is 0 Å². The Balaban J connectivity index is 1.82. The summed E-state index contributed by atoms with van der Waals surface area (Å²) in [5, 5.41) is 12.5. The van der Waals surface area contributed by atoms with Crippen molar-refractivity contribution >= 4 is 5.69 Å². The van der Waals surface area contributed by atoms with Crippen molar-refractivity contribution in [3.8, 4) is 0 Å². The summed E-state index contributed by atoms with van der Waals surface area (Å²) in [5.74, 6) is 0. The van der Waals surface area contributed by atoms with E-state index in [1.54, 1.807) is 0 Å². The zero-order chi connectivity index (χ0) is 12.1. The molecule has 1 aliphatic rings. The average molecular weight is 234 g/mol. The third-order valence-electron chi connectivity index (χ3n) is 3.41. The molecule has 0 amide bonds. The van der Waals surface area contributed by atoms with Crippen molar-refractivity contribution in [3.05, 3.63) is 30.3 Å². The van der Waals surface area contributed by atoms with Gasteiger partial charge in [-0.3, -0.25) is 0 Å². The first-order chi connectivity index (χ1) is 8.29. The summed E-state index contributed by atoms with van der Waals surface area (Å²) >= 11 is 0. The Morgan fingerprint density at radius 3 is 2.53 bits per heavy atom. The van der Waals surface area contributed by atoms with E-state index in [1.807, 2.05) is 6.92 Å². The van der Waals surface area contributed by atoms with Gasteiger partial charge in [-0.25, -0.2) is 0 Å². The highest BCUT2D eigenvalue weighted by Gasteiger charge is 2.19. The van der Waals surface area contributed by atoms with Crippen LogP contribution in [-0.4, -0.2) is 36.9 Å². The van der Waals surface area contributed by atoms with Gasteiger partial charge in [0.15, 0.2) is 0 Å². The highest BCUT2D eigenvalue weighted by Crippen LogP contribution is 2.19. The first-order valence-electron chi connectivity index (χ1n) is 6.46. The number of nitrogens with one attached hydrogen (secondary N) is 1. The van der Waals surface area contributed by atoms with E-state index in [9.17, 15) is 0 Å². The summed E-state index contributed by atoms with van der Waals surface area (Å²) in [5.41, 5.74) is 1.32. The molecule has 1 aliphatic heterocycles. The maximum absolute atomic E-state index is 9.02. The Kier molecular flexibility index (Phi) is 4.40. The Bertz CT molecular complexity index is 320. The van der Waals surface area contributed by atoms with Gasteiger partial charge in [0.1, 0.15) is 0 Å². The molecule has 0 spiro atoms. The molecule has 3 heteroatoms. The summed E-state index contributed by atoms with van der Waals surface area (Å²) in [6.07, 6.45) is 2.30. The van der Waals surface area contributed by atoms with Crippen molar-refractivity contribution in [2.45, 2.75) is 31.8 Å². The van der Waals surface area contributed by atoms with Crippen molar-refractivity contribution in [1.82, 2.24) is 5.32 Å². The Labute approximate surface area is 103 Å². The molecular formula is C14H22N2O. The van der Waals surface area contributed by atoms with Gasteiger partial charge in [-0.05, 0) is 31.9 Å². The lowest BCUT2D eigenvalue weighted by atomic mass is 10.0. The topological polar surface area (TPSA) is 35.5 Å². The fourth-order valence-electron chi connectivity index (χ4n) is 2.40. The van der Waals surface area contributed by atoms with E-state index in [4.69, 9.17) is 5.11 Å². The summed E-state index contributed by atoms with van der Waals surface area (Å²) in [6, 6.07) is 11.3. The first-order valence-corrected chi connectivity index (χ1v) is 6.46. The van der Waals surface area contributed by atoms with E-state index < -0.39 is 0 Å². The van der Waals surface area contributed by atoms with E-state index in [-0.39, 0.29) is 12.6 Å². The minimum Gasteiger partial charge on any atom is -0.395 e. The molecule has 1 aromatic carbocycles. The summed E-state index contributed by atoms with van der Waals surface area (Å²) in [6.45, 7) is 4.45. The van der Waals surface area contributed by atoms with Crippen molar-refractivity contribution in [2.24, 2.45) is 0 Å². The number of rotatable bonds is 4. The van der Waals surface area contributed by atoms with Gasteiger partial charge in [-0.1, -0.05) is 18.2 Å². The molecule has 17 heavy (non-hydrogen) atoms. The lowest BCUT2D eigenvalue weighted by Gasteiger charge is -2.35. The van der Waals surface area contributed by atoms with Gasteiger partial charge >= 0.3 is 0 Å². The number of benzene rings is 1. The zero-order valence-corrected chi connectivity index (χ0v) is 10.5. The second-order valence-corrected chi connectivity index (χ2v) is 4.85. The zero-order valence-electron chi connectivity index (χ0n) is 10.5. The van der Waals surface area contributed by atoms with Crippen LogP contribution in [0.5, 0.6) is 0 Å². The SMILES string of the molecule is CC(CO)NC1CCN(c2ccccc2)CC1. The predicted molar refractivity (Wildman–Crippen MR) is 71.4 cm³/mol. The van der Waals surface area contributed by atoms with Crippen molar-refractivity contribution < 1.29 is 5.11 Å². The standard InChI is InChI=1S/C14H22N2O/c1-12(11-17)15-13-7-9-16(10-8-13)14-5-3-2-4-6-14/h2-6,12-13,15,17H,7-11H2,1H3. The third-order valence-corrected chi connectivity index (χ3v) is 3.41. The van der Waals surface area contributed by atoms with Crippen LogP contribution in [0.1, 0.15) is 19.8 Å². The molecule has 1 saturated heterocycles. The molecular weight excluding hydrogens is 212 g/mol. The molecule has 0 aromatic heterocycles. The average Bonchev–Trinajstić information content (AvgIpc) is 2.40. The van der Waals surface area contributed by atoms with Gasteiger partial charge in [0.2, 0.25) is 0 Å². The van der Waals surface area contributed by atoms with E-state index in [0.717, 1.165) is 25.9 Å². The highest BCUT2D eigenvalue weighted by atomic mass is 16.3. The van der Waals surface area contributed by atoms with Crippen LogP contribution in [0, 0.1) is 0 Å². The fraction of sp³-hybridized carbons (Fsp3) is 0.571. The van der Waals surface area contributed by atoms with E-state index in [0.29, 0.717) is 6.04 Å². The van der Waals surface area contributed by atoms with Gasteiger partial charge in [-0.2, -0.15) is 0 Å². The molecule has 0 bridgehead atoms. The molecule has 1 aromatic rings. The fourth-order valence-corrected chi connectivity index (χ4v) is 2.40. The van der Waals surface area contributed by atoms with E-state index >= 15 is 0 Å². The molecule has 3 nitrogen and oxygen atoms in total. The van der Waals surface area contributed by atoms with Crippen LogP contribution in [0.25, 0.3) is 0 Å². The van der Waals surface area contributed by atoms with E-state index in [1.165, 1.54) is 5.69 Å². The van der Waals surface area contributed by atoms with Crippen LogP contribution in [0.4, 0.5) is 5.69 Å². The second-order valence-electron chi connectivity index (χ2n) is 4.85. The Morgan fingerprint density at radius 1 is 1.29 bits per heavy atom. The molecule has 94 valence electrons. The number of para-hydroxylation sites is 1. The number of aliphatic hydroxyl groups is 1. The van der Waals surface area contributed by atoms with Crippen LogP contribution < -0.4 is 10.2 Å². The van der Waals surface area contributed by atoms with Crippen LogP contribution in [-0.2, 0) is 0 Å². The number of hydrogen-bond acceptors (Lipinski definition) is 3. The van der Waals surface area contributed by atoms with Crippen molar-refractivity contribution in [2.75, 3.05) is 24.6 Å². The molecule has 2 N–H and O–H groups in total. The van der Waals surface area contributed by atoms with Crippen LogP contribution in [0.15, 0.2) is 30.3 Å². The number of nitrogens with zero attached hydrogens (tertiary/aromatic N) is 1. The molecule has 0 saturated carbocycles. The monoisotopic (exact) mass is 234 g/mol. The maximum Gasteiger partial charge on any atom is 0.0582 e. The van der Waals surface area contributed by atoms with Gasteiger partial charge in [-0.15, -0.1) is 0 Å². The number of hydrogen-bond donors (Lipinski definition) is 2. The minimum absolute atomic E-state index is 0.211. The number of anilines is 1. The molecule has 0 aliphatic carbocycles. The summed E-state index contributed by atoms with van der Waals surface area (Å²) in [4.78, 5) is 2.43. The second kappa shape index (κ2) is 6.03. The van der Waals surface area contributed by atoms with Gasteiger partial charge in [0, 0.05) is 30.9 Å². The van der Waals surface area contributed by atoms with Gasteiger partial charge < -0.3 is 15.3 Å². The molecule has 2 rings (SSSR count). The summed E-state index contributed by atoms with van der Waals surface area (Å²) in [7, 11) is 0. The largest absolute Gasteiger partial charge is 0.395 e. The molecule has 0 radical (unpaired) electrons. The van der Waals surface area contributed by atoms with Gasteiger partial charge in [0.25, 0.3) is 0 Å². The Hall–Kier alpha value is -1.06. The van der Waals surface area contributed by atoms with Crippen LogP contribution >= 0.6 is 0 Å². The summed E-state index contributed by atoms with van der Waals surface area (Å²) < 4.78 is 0. The van der Waals surface area contributed by atoms with Gasteiger partial charge in [0.05, 0.1) is 6.61 Å². The minimum atomic E-state index is 0.211. The maximum atomic E-state index is 9.02. The molecule has 1 heterocycles. The molecule has 1 atom stereocenters. The lowest BCUT2D eigenvalue weighted by Crippen LogP contribution is -2.46. The van der Waals surface area contributed by atoms with Crippen molar-refractivity contribution in [3.63, 3.8) is 0 Å². The number of piperidine rings is 1. The third kappa shape index (κ3) is 3.45. The smallest absolute Gasteiger partial charge is 0.0582 e. The predicted octanol–water partition coefficient (Wildman–Crippen LogP) is 1.63. The first kappa shape index (κ1) is 12.4. The molecule has 1 unspecified atom stereocenters. The lowest BCUT2D eigenvalue weighted by molar-refractivity contribution is 0.233. The normalized spacial score (nSPS) is 19.3. The Morgan fingerprint density at radius 2 is 1.94 bits per heavy atom. The molecule has 1 fully saturated rings. The number of aliphatic hydroxyl groups excluding tert-OH is 1. The van der Waals surface area contributed by atoms with E-state index in [2.05, 4.69) is 40.5 Å². The van der Waals surface area contributed by atoms with Crippen LogP contribution in [0.3, 0.4) is 0 Å². The quantitative estimate of drug-likeness (QED) is 0.831. The highest BCUT2D eigenvalue weighted by molar-refractivity contribution is 5.46.